The zero-order valence-corrected chi connectivity index (χ0v) is 9.95. The smallest absolute Gasteiger partial charge is 0.349 e. The van der Waals surface area contributed by atoms with Crippen LogP contribution >= 0.6 is 0 Å². The Morgan fingerprint density at radius 1 is 1.68 bits per heavy atom. The summed E-state index contributed by atoms with van der Waals surface area (Å²) in [5.74, 6) is 2.07. The zero-order valence-electron chi connectivity index (χ0n) is 9.95. The second-order valence-electron chi connectivity index (χ2n) is 4.78. The highest BCUT2D eigenvalue weighted by Gasteiger charge is 2.88. The van der Waals surface area contributed by atoms with Gasteiger partial charge in [0, 0.05) is 11.9 Å². The third kappa shape index (κ3) is 1.21. The molecule has 1 aliphatic heterocycles. The largest absolute Gasteiger partial charge is 0.386 e. The van der Waals surface area contributed by atoms with Gasteiger partial charge in [-0.1, -0.05) is 5.92 Å². The number of aliphatic hydroxyl groups excluding tert-OH is 1. The Labute approximate surface area is 107 Å². The van der Waals surface area contributed by atoms with Gasteiger partial charge in [-0.25, -0.2) is 9.18 Å². The number of alkyl halides is 1. The summed E-state index contributed by atoms with van der Waals surface area (Å²) in [5.41, 5.74) is -4.19. The summed E-state index contributed by atoms with van der Waals surface area (Å²) < 4.78 is 20.4. The van der Waals surface area contributed by atoms with Gasteiger partial charge in [-0.2, -0.15) is 4.98 Å². The molecule has 0 bridgehead atoms. The first-order chi connectivity index (χ1) is 8.88. The molecule has 1 aromatic rings. The topological polar surface area (TPSA) is 84.6 Å². The van der Waals surface area contributed by atoms with Gasteiger partial charge in [-0.05, 0) is 13.0 Å². The lowest BCUT2D eigenvalue weighted by Crippen LogP contribution is -2.38. The lowest BCUT2D eigenvalue weighted by Gasteiger charge is -2.20. The Morgan fingerprint density at radius 2 is 2.37 bits per heavy atom. The van der Waals surface area contributed by atoms with E-state index in [1.165, 1.54) is 12.3 Å². The van der Waals surface area contributed by atoms with Gasteiger partial charge in [0.2, 0.25) is 0 Å². The van der Waals surface area contributed by atoms with Crippen LogP contribution in [0.3, 0.4) is 0 Å². The highest BCUT2D eigenvalue weighted by molar-refractivity contribution is 5.45. The van der Waals surface area contributed by atoms with Crippen LogP contribution < -0.4 is 5.69 Å². The van der Waals surface area contributed by atoms with E-state index >= 15 is 0 Å². The Hall–Kier alpha value is -1.75. The summed E-state index contributed by atoms with van der Waals surface area (Å²) in [6, 6.07) is 1.50. The van der Waals surface area contributed by atoms with Crippen LogP contribution in [0.25, 0.3) is 0 Å². The van der Waals surface area contributed by atoms with E-state index in [1.54, 1.807) is 6.92 Å². The molecule has 5 atom stereocenters. The first-order valence-electron chi connectivity index (χ1n) is 5.64. The minimum absolute atomic E-state index is 0.477. The molecule has 7 heteroatoms. The summed E-state index contributed by atoms with van der Waals surface area (Å²) in [6.45, 7) is 1.62. The normalized spacial score (nSPS) is 43.6. The molecule has 0 amide bonds. The average molecular weight is 266 g/mol. The molecule has 0 spiro atoms. The van der Waals surface area contributed by atoms with Crippen LogP contribution in [0.1, 0.15) is 11.9 Å². The summed E-state index contributed by atoms with van der Waals surface area (Å²) in [7, 11) is 0. The van der Waals surface area contributed by atoms with E-state index in [0.29, 0.717) is 5.69 Å². The predicted molar refractivity (Wildman–Crippen MR) is 60.8 cm³/mol. The number of rotatable bonds is 1. The Balaban J connectivity index is 2.03. The lowest BCUT2D eigenvalue weighted by atomic mass is 10.1. The van der Waals surface area contributed by atoms with Gasteiger partial charge in [-0.15, -0.1) is 6.42 Å². The van der Waals surface area contributed by atoms with Crippen molar-refractivity contribution in [2.45, 2.75) is 36.6 Å². The Kier molecular flexibility index (Phi) is 2.21. The zero-order chi connectivity index (χ0) is 14.0. The minimum Gasteiger partial charge on any atom is -0.386 e. The molecular formula is C12H11FN2O4. The highest BCUT2D eigenvalue weighted by atomic mass is 19.1. The number of aryl methyl sites for hydroxylation is 1. The van der Waals surface area contributed by atoms with Gasteiger partial charge < -0.3 is 14.9 Å². The number of fused-ring (bicyclic) bond motifs is 1. The number of ether oxygens (including phenoxy) is 1. The summed E-state index contributed by atoms with van der Waals surface area (Å²) in [6.07, 6.45) is 1.59. The van der Waals surface area contributed by atoms with E-state index in [2.05, 4.69) is 10.9 Å². The van der Waals surface area contributed by atoms with Crippen LogP contribution in [0.5, 0.6) is 0 Å². The van der Waals surface area contributed by atoms with Crippen molar-refractivity contribution in [2.24, 2.45) is 0 Å². The monoisotopic (exact) mass is 266 g/mol. The molecule has 100 valence electrons. The molecule has 1 saturated heterocycles. The number of hydrogen-bond donors (Lipinski definition) is 2. The second-order valence-corrected chi connectivity index (χ2v) is 4.78. The quantitative estimate of drug-likeness (QED) is 0.630. The van der Waals surface area contributed by atoms with Crippen LogP contribution in [0.4, 0.5) is 4.39 Å². The molecule has 2 N–H and O–H groups in total. The molecule has 0 aromatic carbocycles. The molecule has 5 unspecified atom stereocenters. The minimum atomic E-state index is -2.17. The first kappa shape index (κ1) is 12.3. The number of nitrogens with zero attached hydrogens (tertiary/aromatic N) is 2. The van der Waals surface area contributed by atoms with Crippen molar-refractivity contribution < 1.29 is 19.3 Å². The number of aliphatic hydroxyl groups is 2. The van der Waals surface area contributed by atoms with Crippen molar-refractivity contribution in [3.05, 3.63) is 28.4 Å². The number of terminal acetylenes is 1. The van der Waals surface area contributed by atoms with Crippen LogP contribution in [-0.2, 0) is 4.74 Å². The van der Waals surface area contributed by atoms with Crippen molar-refractivity contribution in [1.82, 2.24) is 9.55 Å². The van der Waals surface area contributed by atoms with Crippen molar-refractivity contribution in [3.8, 4) is 12.3 Å². The van der Waals surface area contributed by atoms with Gasteiger partial charge in [-0.3, -0.25) is 4.57 Å². The molecule has 1 saturated carbocycles. The van der Waals surface area contributed by atoms with Gasteiger partial charge in [0.15, 0.2) is 23.6 Å². The van der Waals surface area contributed by atoms with Gasteiger partial charge in [0.05, 0.1) is 0 Å². The lowest BCUT2D eigenvalue weighted by molar-refractivity contribution is -0.0779. The maximum Gasteiger partial charge on any atom is 0.349 e. The second kappa shape index (κ2) is 3.42. The third-order valence-corrected chi connectivity index (χ3v) is 3.75. The van der Waals surface area contributed by atoms with E-state index in [1.807, 2.05) is 0 Å². The molecule has 2 heterocycles. The number of aromatic nitrogens is 2. The predicted octanol–water partition coefficient (Wildman–Crippen LogP) is -1.10. The SMILES string of the molecule is C#CC12OC(n3ccc(C)nc3=O)C(F)C1(O)C2O. The molecular weight excluding hydrogens is 255 g/mol. The van der Waals surface area contributed by atoms with Crippen LogP contribution in [0.15, 0.2) is 17.1 Å². The fourth-order valence-electron chi connectivity index (χ4n) is 2.54. The first-order valence-corrected chi connectivity index (χ1v) is 5.64. The van der Waals surface area contributed by atoms with Crippen molar-refractivity contribution in [3.63, 3.8) is 0 Å². The van der Waals surface area contributed by atoms with Crippen LogP contribution in [0.2, 0.25) is 0 Å². The number of halogens is 1. The van der Waals surface area contributed by atoms with E-state index in [9.17, 15) is 19.4 Å². The molecule has 19 heavy (non-hydrogen) atoms. The molecule has 2 aliphatic rings. The summed E-state index contributed by atoms with van der Waals surface area (Å²) in [5, 5.41) is 19.5. The van der Waals surface area contributed by atoms with Gasteiger partial charge in [0.25, 0.3) is 0 Å². The van der Waals surface area contributed by atoms with Gasteiger partial charge in [0.1, 0.15) is 6.10 Å². The average Bonchev–Trinajstić information content (AvgIpc) is 2.73. The fourth-order valence-corrected chi connectivity index (χ4v) is 2.54. The Morgan fingerprint density at radius 3 is 2.89 bits per heavy atom. The standard InChI is InChI=1S/C12H11FN2O4/c1-3-11-9(16)12(11,18)7(13)8(19-11)15-5-4-6(2)14-10(15)17/h1,4-5,7-9,16,18H,2H3. The van der Waals surface area contributed by atoms with Crippen molar-refractivity contribution >= 4 is 0 Å². The fraction of sp³-hybridized carbons (Fsp3) is 0.500. The van der Waals surface area contributed by atoms with Gasteiger partial charge >= 0.3 is 5.69 Å². The highest BCUT2D eigenvalue weighted by Crippen LogP contribution is 2.62. The summed E-state index contributed by atoms with van der Waals surface area (Å²) >= 11 is 0. The molecule has 1 aliphatic carbocycles. The Bertz CT molecular complexity index is 654. The van der Waals surface area contributed by atoms with E-state index < -0.39 is 35.4 Å². The van der Waals surface area contributed by atoms with Crippen LogP contribution in [-0.4, -0.2) is 43.2 Å². The van der Waals surface area contributed by atoms with E-state index in [4.69, 9.17) is 11.2 Å². The third-order valence-electron chi connectivity index (χ3n) is 3.75. The van der Waals surface area contributed by atoms with Crippen molar-refractivity contribution in [1.29, 1.82) is 0 Å². The molecule has 2 fully saturated rings. The van der Waals surface area contributed by atoms with Crippen molar-refractivity contribution in [2.75, 3.05) is 0 Å². The maximum absolute atomic E-state index is 14.2. The molecule has 6 nitrogen and oxygen atoms in total. The maximum atomic E-state index is 14.2. The van der Waals surface area contributed by atoms with E-state index in [0.717, 1.165) is 4.57 Å². The van der Waals surface area contributed by atoms with Crippen LogP contribution in [0, 0.1) is 19.3 Å². The molecule has 1 aromatic heterocycles. The number of hydrogen-bond acceptors (Lipinski definition) is 5. The van der Waals surface area contributed by atoms with E-state index in [-0.39, 0.29) is 0 Å². The molecule has 3 rings (SSSR count). The molecule has 0 radical (unpaired) electrons. The summed E-state index contributed by atoms with van der Waals surface area (Å²) in [4.78, 5) is 15.3.